The smallest absolute Gasteiger partial charge is 0.134 e. The van der Waals surface area contributed by atoms with Gasteiger partial charge in [0, 0.05) is 25.7 Å². The Labute approximate surface area is 166 Å². The maximum atomic E-state index is 10.2. The van der Waals surface area contributed by atoms with Gasteiger partial charge < -0.3 is 15.3 Å². The van der Waals surface area contributed by atoms with Crippen molar-refractivity contribution in [3.05, 3.63) is 83.2 Å². The maximum absolute atomic E-state index is 10.2. The van der Waals surface area contributed by atoms with Crippen LogP contribution in [0.4, 0.5) is 11.6 Å². The van der Waals surface area contributed by atoms with Gasteiger partial charge in [0.25, 0.3) is 0 Å². The number of fused-ring (bicyclic) bond motifs is 1. The SMILES string of the molecule is CC(C)(O)c1ccc2c(c1)CCN(c1cc(NCc3ccccc3)ncn1)C2. The third kappa shape index (κ3) is 4.15. The molecule has 1 aliphatic rings. The number of nitrogens with one attached hydrogen (secondary N) is 1. The van der Waals surface area contributed by atoms with E-state index in [-0.39, 0.29) is 0 Å². The third-order valence-electron chi connectivity index (χ3n) is 5.22. The van der Waals surface area contributed by atoms with E-state index in [1.807, 2.05) is 44.2 Å². The summed E-state index contributed by atoms with van der Waals surface area (Å²) in [5, 5.41) is 13.6. The summed E-state index contributed by atoms with van der Waals surface area (Å²) in [7, 11) is 0. The number of anilines is 2. The predicted molar refractivity (Wildman–Crippen MR) is 112 cm³/mol. The summed E-state index contributed by atoms with van der Waals surface area (Å²) in [6.45, 7) is 6.11. The molecule has 28 heavy (non-hydrogen) atoms. The molecule has 2 aromatic carbocycles. The summed E-state index contributed by atoms with van der Waals surface area (Å²) in [6.07, 6.45) is 2.56. The monoisotopic (exact) mass is 374 g/mol. The van der Waals surface area contributed by atoms with E-state index in [1.165, 1.54) is 16.7 Å². The molecule has 1 aromatic heterocycles. The first-order chi connectivity index (χ1) is 13.5. The van der Waals surface area contributed by atoms with Crippen molar-refractivity contribution >= 4 is 11.6 Å². The van der Waals surface area contributed by atoms with E-state index in [0.29, 0.717) is 0 Å². The van der Waals surface area contributed by atoms with Crippen LogP contribution in [0.15, 0.2) is 60.9 Å². The van der Waals surface area contributed by atoms with Crippen molar-refractivity contribution < 1.29 is 5.11 Å². The Morgan fingerprint density at radius 2 is 1.86 bits per heavy atom. The Bertz CT molecular complexity index is 950. The molecule has 2 heterocycles. The normalized spacial score (nSPS) is 13.9. The van der Waals surface area contributed by atoms with Gasteiger partial charge in [0.1, 0.15) is 18.0 Å². The zero-order valence-corrected chi connectivity index (χ0v) is 16.4. The minimum absolute atomic E-state index is 0.736. The van der Waals surface area contributed by atoms with Crippen LogP contribution in [0.5, 0.6) is 0 Å². The summed E-state index contributed by atoms with van der Waals surface area (Å²) < 4.78 is 0. The molecule has 0 bridgehead atoms. The molecule has 1 aliphatic heterocycles. The molecule has 0 fully saturated rings. The average Bonchev–Trinajstić information content (AvgIpc) is 2.72. The van der Waals surface area contributed by atoms with Crippen molar-refractivity contribution in [3.8, 4) is 0 Å². The van der Waals surface area contributed by atoms with Crippen molar-refractivity contribution in [1.29, 1.82) is 0 Å². The molecule has 3 aromatic rings. The molecule has 4 rings (SSSR count). The van der Waals surface area contributed by atoms with Crippen LogP contribution in [0.25, 0.3) is 0 Å². The zero-order valence-electron chi connectivity index (χ0n) is 16.4. The predicted octanol–water partition coefficient (Wildman–Crippen LogP) is 3.88. The van der Waals surface area contributed by atoms with Crippen LogP contribution < -0.4 is 10.2 Å². The van der Waals surface area contributed by atoms with E-state index in [2.05, 4.69) is 44.5 Å². The van der Waals surface area contributed by atoms with Crippen molar-refractivity contribution in [3.63, 3.8) is 0 Å². The van der Waals surface area contributed by atoms with Gasteiger partial charge in [-0.15, -0.1) is 0 Å². The van der Waals surface area contributed by atoms with E-state index >= 15 is 0 Å². The lowest BCUT2D eigenvalue weighted by Crippen LogP contribution is -2.31. The summed E-state index contributed by atoms with van der Waals surface area (Å²) in [4.78, 5) is 11.1. The number of nitrogens with zero attached hydrogens (tertiary/aromatic N) is 3. The molecule has 2 N–H and O–H groups in total. The van der Waals surface area contributed by atoms with Crippen LogP contribution in [0.3, 0.4) is 0 Å². The van der Waals surface area contributed by atoms with Gasteiger partial charge in [-0.2, -0.15) is 0 Å². The Hall–Kier alpha value is -2.92. The van der Waals surface area contributed by atoms with Crippen LogP contribution in [0, 0.1) is 0 Å². The lowest BCUT2D eigenvalue weighted by Gasteiger charge is -2.31. The van der Waals surface area contributed by atoms with Gasteiger partial charge in [-0.1, -0.05) is 48.5 Å². The van der Waals surface area contributed by atoms with Gasteiger partial charge in [0.05, 0.1) is 5.60 Å². The summed E-state index contributed by atoms with van der Waals surface area (Å²) in [5.74, 6) is 1.76. The van der Waals surface area contributed by atoms with Crippen LogP contribution in [0.1, 0.15) is 36.1 Å². The van der Waals surface area contributed by atoms with E-state index < -0.39 is 5.60 Å². The topological polar surface area (TPSA) is 61.3 Å². The highest BCUT2D eigenvalue weighted by Gasteiger charge is 2.22. The summed E-state index contributed by atoms with van der Waals surface area (Å²) in [6, 6.07) is 18.6. The first-order valence-electron chi connectivity index (χ1n) is 9.68. The fourth-order valence-electron chi connectivity index (χ4n) is 3.53. The molecule has 0 aliphatic carbocycles. The Morgan fingerprint density at radius 3 is 2.64 bits per heavy atom. The highest BCUT2D eigenvalue weighted by atomic mass is 16.3. The number of aromatic nitrogens is 2. The first kappa shape index (κ1) is 18.4. The molecule has 0 radical (unpaired) electrons. The molecule has 0 saturated heterocycles. The van der Waals surface area contributed by atoms with E-state index in [9.17, 15) is 5.11 Å². The molecule has 5 heteroatoms. The quantitative estimate of drug-likeness (QED) is 0.710. The van der Waals surface area contributed by atoms with Gasteiger partial charge >= 0.3 is 0 Å². The second-order valence-corrected chi connectivity index (χ2v) is 7.81. The van der Waals surface area contributed by atoms with Gasteiger partial charge in [0.15, 0.2) is 0 Å². The Kier molecular flexibility index (Phi) is 5.01. The molecule has 5 nitrogen and oxygen atoms in total. The average molecular weight is 374 g/mol. The summed E-state index contributed by atoms with van der Waals surface area (Å²) in [5.41, 5.74) is 3.98. The van der Waals surface area contributed by atoms with E-state index in [0.717, 1.165) is 43.3 Å². The molecule has 0 saturated carbocycles. The lowest BCUT2D eigenvalue weighted by atomic mass is 9.91. The number of hydrogen-bond acceptors (Lipinski definition) is 5. The second-order valence-electron chi connectivity index (χ2n) is 7.81. The second kappa shape index (κ2) is 7.60. The Morgan fingerprint density at radius 1 is 1.04 bits per heavy atom. The molecular formula is C23H26N4O. The fraction of sp³-hybridized carbons (Fsp3) is 0.304. The Balaban J connectivity index is 1.47. The van der Waals surface area contributed by atoms with Crippen LogP contribution in [-0.4, -0.2) is 21.6 Å². The molecule has 0 spiro atoms. The standard InChI is InChI=1S/C23H26N4O/c1-23(2,28)20-9-8-19-15-27(11-10-18(19)12-20)22-13-21(25-16-26-22)24-14-17-6-4-3-5-7-17/h3-9,12-13,16,28H,10-11,14-15H2,1-2H3,(H,24,25,26). The fourth-order valence-corrected chi connectivity index (χ4v) is 3.53. The van der Waals surface area contributed by atoms with Gasteiger partial charge in [-0.25, -0.2) is 9.97 Å². The highest BCUT2D eigenvalue weighted by Crippen LogP contribution is 2.28. The van der Waals surface area contributed by atoms with Crippen molar-refractivity contribution in [2.45, 2.75) is 39.0 Å². The third-order valence-corrected chi connectivity index (χ3v) is 5.22. The van der Waals surface area contributed by atoms with Crippen LogP contribution in [0.2, 0.25) is 0 Å². The molecule has 0 amide bonds. The lowest BCUT2D eigenvalue weighted by molar-refractivity contribution is 0.0785. The minimum atomic E-state index is -0.807. The number of hydrogen-bond donors (Lipinski definition) is 2. The first-order valence-corrected chi connectivity index (χ1v) is 9.68. The maximum Gasteiger partial charge on any atom is 0.134 e. The molecule has 0 atom stereocenters. The van der Waals surface area contributed by atoms with Crippen molar-refractivity contribution in [1.82, 2.24) is 9.97 Å². The number of aliphatic hydroxyl groups is 1. The largest absolute Gasteiger partial charge is 0.386 e. The van der Waals surface area contributed by atoms with Crippen LogP contribution >= 0.6 is 0 Å². The molecular weight excluding hydrogens is 348 g/mol. The van der Waals surface area contributed by atoms with Crippen molar-refractivity contribution in [2.75, 3.05) is 16.8 Å². The number of rotatable bonds is 5. The van der Waals surface area contributed by atoms with Crippen LogP contribution in [-0.2, 0) is 25.1 Å². The minimum Gasteiger partial charge on any atom is -0.386 e. The molecule has 144 valence electrons. The van der Waals surface area contributed by atoms with Gasteiger partial charge in [-0.05, 0) is 42.5 Å². The van der Waals surface area contributed by atoms with Crippen molar-refractivity contribution in [2.24, 2.45) is 0 Å². The number of benzene rings is 2. The van der Waals surface area contributed by atoms with Gasteiger partial charge in [-0.3, -0.25) is 0 Å². The highest BCUT2D eigenvalue weighted by molar-refractivity contribution is 5.51. The zero-order chi connectivity index (χ0) is 19.6. The summed E-state index contributed by atoms with van der Waals surface area (Å²) >= 11 is 0. The van der Waals surface area contributed by atoms with Gasteiger partial charge in [0.2, 0.25) is 0 Å². The van der Waals surface area contributed by atoms with E-state index in [4.69, 9.17) is 0 Å². The van der Waals surface area contributed by atoms with E-state index in [1.54, 1.807) is 6.33 Å². The molecule has 0 unspecified atom stereocenters.